The first kappa shape index (κ1) is 128. The summed E-state index contributed by atoms with van der Waals surface area (Å²) in [6.07, 6.45) is -11.3. The molecular weight excluding hydrogens is 1720 g/mol. The van der Waals surface area contributed by atoms with E-state index in [4.69, 9.17) is 83.8 Å². The predicted octanol–water partition coefficient (Wildman–Crippen LogP) is 12.7. The molecule has 0 rings (SSSR count). The smallest absolute Gasteiger partial charge is 0.471 e. The molecule has 2 unspecified atom stereocenters. The number of halogens is 16. The summed E-state index contributed by atoms with van der Waals surface area (Å²) in [5.74, 6) is -13.0. The molecule has 0 saturated heterocycles. The Morgan fingerprint density at radius 3 is 0.983 bits per heavy atom. The summed E-state index contributed by atoms with van der Waals surface area (Å²) < 4.78 is 211. The van der Waals surface area contributed by atoms with E-state index in [1.54, 1.807) is 34.7 Å². The van der Waals surface area contributed by atoms with Gasteiger partial charge < -0.3 is 100 Å². The van der Waals surface area contributed by atoms with E-state index in [9.17, 15) is 109 Å². The van der Waals surface area contributed by atoms with Gasteiger partial charge in [0.1, 0.15) is 32.2 Å². The maximum Gasteiger partial charge on any atom is 0.471 e. The van der Waals surface area contributed by atoms with E-state index < -0.39 is 151 Å². The zero-order chi connectivity index (χ0) is 95.0. The van der Waals surface area contributed by atoms with Crippen molar-refractivity contribution in [3.8, 4) is 0 Å². The van der Waals surface area contributed by atoms with Crippen molar-refractivity contribution in [3.63, 3.8) is 0 Å². The summed E-state index contributed by atoms with van der Waals surface area (Å²) >= 11 is 6.14. The number of aliphatic hydroxyl groups is 5. The molecule has 0 aromatic heterocycles. The van der Waals surface area contributed by atoms with Crippen LogP contribution in [0.25, 0.3) is 9.69 Å². The molecule has 0 heterocycles. The fourth-order valence-corrected chi connectivity index (χ4v) is 12.2. The number of nitrogens with two attached hydrogens (primary N) is 1. The number of aliphatic carboxylic acids is 1. The minimum Gasteiger partial charge on any atom is -0.481 e. The van der Waals surface area contributed by atoms with Gasteiger partial charge >= 0.3 is 78.3 Å². The van der Waals surface area contributed by atoms with Crippen LogP contribution in [0.15, 0.2) is 0 Å². The highest BCUT2D eigenvalue weighted by molar-refractivity contribution is 7.78. The van der Waals surface area contributed by atoms with Crippen molar-refractivity contribution in [1.29, 1.82) is 0 Å². The number of unbranched alkanes of at least 4 members (excludes halogenated alkanes) is 10. The number of ketones is 1. The fourth-order valence-electron chi connectivity index (χ4n) is 8.81. The quantitative estimate of drug-likeness (QED) is 0.00884. The lowest BCUT2D eigenvalue weighted by molar-refractivity contribution is -0.175. The lowest BCUT2D eigenvalue weighted by Crippen LogP contribution is -2.45. The summed E-state index contributed by atoms with van der Waals surface area (Å²) in [6.45, 7) is 30.3. The third-order valence-corrected chi connectivity index (χ3v) is 19.0. The summed E-state index contributed by atoms with van der Waals surface area (Å²) in [7, 11) is 0.874. The minimum absolute atomic E-state index is 0.0221. The Morgan fingerprint density at radius 2 is 0.719 bits per heavy atom. The van der Waals surface area contributed by atoms with E-state index in [0.717, 1.165) is 70.6 Å². The van der Waals surface area contributed by atoms with Crippen LogP contribution in [0.5, 0.6) is 0 Å². The van der Waals surface area contributed by atoms with Gasteiger partial charge in [-0.2, -0.15) is 65.9 Å². The summed E-state index contributed by atoms with van der Waals surface area (Å²) in [6, 6.07) is -3.65. The Hall–Kier alpha value is -5.93. The molecule has 0 aliphatic carbocycles. The van der Waals surface area contributed by atoms with Crippen molar-refractivity contribution >= 4 is 80.6 Å². The molecule has 30 nitrogen and oxygen atoms in total. The van der Waals surface area contributed by atoms with Crippen LogP contribution in [0.4, 0.5) is 65.9 Å². The number of carboxylic acid groups (broad SMARTS) is 1. The van der Waals surface area contributed by atoms with Crippen molar-refractivity contribution in [3.05, 3.63) is 22.8 Å². The molecule has 8 atom stereocenters. The highest BCUT2D eigenvalue weighted by Crippen LogP contribution is 2.49. The van der Waals surface area contributed by atoms with E-state index in [0.29, 0.717) is 76.6 Å². The average Bonchev–Trinajstić information content (AvgIpc) is 0.931. The summed E-state index contributed by atoms with van der Waals surface area (Å²) in [4.78, 5) is 104. The average molecular weight is 1850 g/mol. The zero-order valence-electron chi connectivity index (χ0n) is 70.7. The number of Topliss-reactive ketones (excluding diaryl/α,β-unsaturated/α-hetero) is 1. The Labute approximate surface area is 707 Å². The van der Waals surface area contributed by atoms with Crippen LogP contribution in [0.2, 0.25) is 0 Å². The number of carboxylic acids is 1. The van der Waals surface area contributed by atoms with Crippen LogP contribution in [0, 0.1) is 13.1 Å². The molecule has 714 valence electrons. The number of carbonyl (C=O) groups excluding carboxylic acids is 8. The van der Waals surface area contributed by atoms with Crippen LogP contribution < -0.4 is 32.3 Å². The number of hydrogen-bond donors (Lipinski definition) is 12. The molecule has 121 heavy (non-hydrogen) atoms. The van der Waals surface area contributed by atoms with Gasteiger partial charge in [0.15, 0.2) is 0 Å². The third-order valence-electron chi connectivity index (χ3n) is 15.1. The highest BCUT2D eigenvalue weighted by atomic mass is 35.7. The number of rotatable bonds is 55. The van der Waals surface area contributed by atoms with E-state index in [2.05, 4.69) is 42.1 Å². The molecule has 13 N–H and O–H groups in total. The summed E-state index contributed by atoms with van der Waals surface area (Å²) in [5, 5.41) is 60.1. The van der Waals surface area contributed by atoms with Gasteiger partial charge in [-0.15, -0.1) is 0 Å². The van der Waals surface area contributed by atoms with Gasteiger partial charge in [0.2, 0.25) is 20.7 Å². The van der Waals surface area contributed by atoms with Crippen molar-refractivity contribution in [1.82, 2.24) is 35.9 Å². The number of alkyl halides is 15. The molecule has 0 aromatic rings. The standard InChI is InChI=1S/C14H25F3N3O3P.C14H22F3NO4.C13H20F3NO5.C9H18ClN2OP.C9H16F3NO2.C8H14F3NO3.C6H15NO2/c1-5-6-7-8-12(19-13(21)14(15,16)17)11-23-24(20(3)4)22-10-9-18-2;1-3-4-5-6-11(18-13(21)14(15,16)17)9-22-12(20)8-7-10(2)19;1-2-3-4-5-9(17-12(21)13(14,15)16)8-22-11(20)7-6-10(18)19;1-8(2)12(9(3)4)14(10)13-7-6-11-5;1-2-3-4-5-7(6-14)13-8(15)9(10,11)12;9-8(10,11)7(15)12-6(5-14)3-1-2-4-13;7-6(5-9)3-1-2-4-8/h12H,5-11H2,1,3-4H3,(H,19,21);11H,3-9H2,1-2H3,(H,18,21);9H,2-8H2,1H3,(H,17,21)(H,18,19);8-9H,6-7H2,1-4H3;7,14H,2-6H2,1H3,(H,13,15);6,13-14H,1-5H2,(H,12,15);6,8-9H,1-5,7H2/t12-,24?;11-;9-;;7-;2*6-/m000.000/s1. The molecule has 0 bridgehead atoms. The first-order chi connectivity index (χ1) is 56.2. The van der Waals surface area contributed by atoms with Crippen molar-refractivity contribution in [2.75, 3.05) is 93.3 Å². The topological polar surface area (TPSA) is 423 Å². The van der Waals surface area contributed by atoms with Crippen molar-refractivity contribution in [2.24, 2.45) is 5.73 Å². The molecule has 48 heteroatoms. The van der Waals surface area contributed by atoms with Gasteiger partial charge in [-0.1, -0.05) is 105 Å². The lowest BCUT2D eigenvalue weighted by Gasteiger charge is -2.32. The SMILES string of the molecule is CCCCC[C@@H](CO)NC(=O)C(F)(F)F.CCCCC[C@@H](COC(=O)CCC(=O)O)NC(=O)C(F)(F)F.CCCCC[C@@H](COC(=O)CCC(C)=O)NC(=O)C(F)(F)F.N[C@H](CO)CCCCO.O=C(N[C@H](CO)CCCCO)C(F)(F)F.[C-]#[N+]CCOP(Cl)N(C(C)C)C(C)C.[C-]#[N+]CCOP(OC[C@H](CCCCC)NC(=O)C(F)(F)F)N(C)C. The van der Waals surface area contributed by atoms with Gasteiger partial charge in [0, 0.05) is 37.8 Å². The van der Waals surface area contributed by atoms with E-state index >= 15 is 0 Å². The van der Waals surface area contributed by atoms with Crippen LogP contribution in [-0.2, 0) is 66.2 Å². The van der Waals surface area contributed by atoms with Crippen molar-refractivity contribution < 1.29 is 163 Å². The van der Waals surface area contributed by atoms with Crippen LogP contribution in [-0.4, -0.2) is 266 Å². The van der Waals surface area contributed by atoms with Crippen LogP contribution >= 0.6 is 27.4 Å². The predicted molar refractivity (Wildman–Crippen MR) is 423 cm³/mol. The number of aliphatic hydroxyl groups excluding tert-OH is 5. The summed E-state index contributed by atoms with van der Waals surface area (Å²) in [5.41, 5.74) is 5.38. The maximum absolute atomic E-state index is 12.4. The Balaban J connectivity index is -0.000000255. The highest BCUT2D eigenvalue weighted by Gasteiger charge is 2.43. The van der Waals surface area contributed by atoms with Crippen LogP contribution in [0.1, 0.15) is 229 Å². The lowest BCUT2D eigenvalue weighted by atomic mass is 10.1. The molecule has 5 amide bonds. The van der Waals surface area contributed by atoms with E-state index in [1.165, 1.54) is 6.92 Å². The molecule has 0 aliphatic rings. The molecular formula is C73H130ClF15N10O20P2. The van der Waals surface area contributed by atoms with E-state index in [1.807, 2.05) is 38.3 Å². The number of carbonyl (C=O) groups is 9. The van der Waals surface area contributed by atoms with Crippen molar-refractivity contribution in [2.45, 2.75) is 308 Å². The number of ether oxygens (including phenoxy) is 2. The molecule has 0 saturated carbocycles. The number of esters is 2. The Kier molecular flexibility index (Phi) is 82.2. The van der Waals surface area contributed by atoms with E-state index in [-0.39, 0.29) is 96.5 Å². The van der Waals surface area contributed by atoms with Gasteiger partial charge in [-0.25, -0.2) is 22.5 Å². The number of nitrogens with one attached hydrogen (secondary N) is 5. The zero-order valence-corrected chi connectivity index (χ0v) is 73.2. The van der Waals surface area contributed by atoms with Gasteiger partial charge in [-0.3, -0.25) is 38.4 Å². The first-order valence-electron chi connectivity index (χ1n) is 39.2. The number of hydrogen-bond acceptors (Lipinski definition) is 22. The molecule has 0 aliphatic heterocycles. The Bertz CT molecular complexity index is 2670. The molecule has 0 spiro atoms. The monoisotopic (exact) mass is 1850 g/mol. The van der Waals surface area contributed by atoms with Gasteiger partial charge in [0.25, 0.3) is 8.53 Å². The molecule has 0 radical (unpaired) electrons. The second kappa shape index (κ2) is 77.6. The Morgan fingerprint density at radius 1 is 0.430 bits per heavy atom. The third kappa shape index (κ3) is 83.4. The molecule has 0 aromatic carbocycles. The molecule has 0 fully saturated rings. The first-order valence-corrected chi connectivity index (χ1v) is 42.4. The van der Waals surface area contributed by atoms with Gasteiger partial charge in [-0.05, 0) is 124 Å². The second-order valence-corrected chi connectivity index (χ2v) is 31.0. The van der Waals surface area contributed by atoms with Gasteiger partial charge in [0.05, 0.1) is 75.9 Å². The fraction of sp³-hybridized carbons (Fsp3) is 0.849. The normalized spacial score (nSPS) is 13.4. The minimum atomic E-state index is -5.00. The largest absolute Gasteiger partial charge is 0.481 e. The van der Waals surface area contributed by atoms with Crippen LogP contribution in [0.3, 0.4) is 0 Å². The maximum atomic E-state index is 12.4. The number of nitrogens with zero attached hydrogens (tertiary/aromatic N) is 4. The second-order valence-electron chi connectivity index (χ2n) is 27.1. The number of amides is 5.